The molecule has 0 aliphatic carbocycles. The van der Waals surface area contributed by atoms with Crippen LogP contribution in [0.4, 0.5) is 5.69 Å². The van der Waals surface area contributed by atoms with Gasteiger partial charge in [0, 0.05) is 29.6 Å². The third-order valence-corrected chi connectivity index (χ3v) is 3.56. The average molecular weight is 278 g/mol. The molecular formula is C18H18N2O. The third kappa shape index (κ3) is 3.03. The summed E-state index contributed by atoms with van der Waals surface area (Å²) in [4.78, 5) is 16.9. The number of ketones is 1. The van der Waals surface area contributed by atoms with Crippen LogP contribution in [0.1, 0.15) is 10.4 Å². The van der Waals surface area contributed by atoms with Crippen molar-refractivity contribution < 1.29 is 4.79 Å². The van der Waals surface area contributed by atoms with Gasteiger partial charge in [-0.15, -0.1) is 0 Å². The number of rotatable bonds is 3. The number of anilines is 1. The standard InChI is InChI=1S/C18H18N2O/c1-19-12-16(18(21)15-8-4-2-5-9-15)13-20(14-19)17-10-6-3-7-11-17/h2-11,13H,12,14H2,1H3. The molecular weight excluding hydrogens is 260 g/mol. The zero-order valence-electron chi connectivity index (χ0n) is 12.1. The van der Waals surface area contributed by atoms with Crippen LogP contribution in [-0.4, -0.2) is 30.9 Å². The number of Topliss-reactive ketones (excluding diaryl/α,β-unsaturated/α-hetero) is 1. The number of carbonyl (C=O) groups is 1. The zero-order valence-corrected chi connectivity index (χ0v) is 12.1. The van der Waals surface area contributed by atoms with Gasteiger partial charge in [0.25, 0.3) is 0 Å². The predicted molar refractivity (Wildman–Crippen MR) is 85.3 cm³/mol. The number of para-hydroxylation sites is 1. The van der Waals surface area contributed by atoms with E-state index in [0.29, 0.717) is 6.54 Å². The summed E-state index contributed by atoms with van der Waals surface area (Å²) in [5.41, 5.74) is 2.66. The molecule has 0 saturated heterocycles. The van der Waals surface area contributed by atoms with Crippen LogP contribution < -0.4 is 4.90 Å². The summed E-state index contributed by atoms with van der Waals surface area (Å²) >= 11 is 0. The molecule has 2 aromatic carbocycles. The number of hydrogen-bond acceptors (Lipinski definition) is 3. The van der Waals surface area contributed by atoms with Crippen LogP contribution in [0.15, 0.2) is 72.4 Å². The lowest BCUT2D eigenvalue weighted by molar-refractivity contribution is 0.102. The first-order valence-electron chi connectivity index (χ1n) is 7.05. The second kappa shape index (κ2) is 5.94. The van der Waals surface area contributed by atoms with Gasteiger partial charge < -0.3 is 4.90 Å². The van der Waals surface area contributed by atoms with Crippen LogP contribution in [0, 0.1) is 0 Å². The van der Waals surface area contributed by atoms with Crippen molar-refractivity contribution in [3.63, 3.8) is 0 Å². The minimum absolute atomic E-state index is 0.100. The van der Waals surface area contributed by atoms with E-state index in [0.717, 1.165) is 23.5 Å². The Bertz CT molecular complexity index is 649. The minimum atomic E-state index is 0.100. The first-order valence-corrected chi connectivity index (χ1v) is 7.05. The molecule has 0 atom stereocenters. The molecule has 3 heteroatoms. The number of nitrogens with zero attached hydrogens (tertiary/aromatic N) is 2. The van der Waals surface area contributed by atoms with Crippen LogP contribution >= 0.6 is 0 Å². The summed E-state index contributed by atoms with van der Waals surface area (Å²) in [6.45, 7) is 1.46. The second-order valence-electron chi connectivity index (χ2n) is 5.31. The smallest absolute Gasteiger partial charge is 0.191 e. The van der Waals surface area contributed by atoms with Gasteiger partial charge >= 0.3 is 0 Å². The largest absolute Gasteiger partial charge is 0.334 e. The van der Waals surface area contributed by atoms with E-state index in [1.807, 2.05) is 61.8 Å². The van der Waals surface area contributed by atoms with Gasteiger partial charge in [0.1, 0.15) is 0 Å². The van der Waals surface area contributed by atoms with E-state index in [1.165, 1.54) is 0 Å². The van der Waals surface area contributed by atoms with E-state index in [2.05, 4.69) is 21.9 Å². The Morgan fingerprint density at radius 1 is 0.952 bits per heavy atom. The fraction of sp³-hybridized carbons (Fsp3) is 0.167. The lowest BCUT2D eigenvalue weighted by atomic mass is 10.0. The Morgan fingerprint density at radius 3 is 2.24 bits per heavy atom. The van der Waals surface area contributed by atoms with Crippen LogP contribution in [0.3, 0.4) is 0 Å². The summed E-state index contributed by atoms with van der Waals surface area (Å²) in [5, 5.41) is 0. The van der Waals surface area contributed by atoms with Gasteiger partial charge in [-0.1, -0.05) is 48.5 Å². The van der Waals surface area contributed by atoms with Crippen LogP contribution in [0.5, 0.6) is 0 Å². The number of benzene rings is 2. The number of hydrogen-bond donors (Lipinski definition) is 0. The zero-order chi connectivity index (χ0) is 14.7. The van der Waals surface area contributed by atoms with E-state index in [9.17, 15) is 4.79 Å². The summed E-state index contributed by atoms with van der Waals surface area (Å²) < 4.78 is 0. The molecule has 0 unspecified atom stereocenters. The normalized spacial score (nSPS) is 15.7. The van der Waals surface area contributed by atoms with Crippen molar-refractivity contribution in [3.05, 3.63) is 78.0 Å². The van der Waals surface area contributed by atoms with Crippen molar-refractivity contribution >= 4 is 11.5 Å². The predicted octanol–water partition coefficient (Wildman–Crippen LogP) is 3.16. The maximum absolute atomic E-state index is 12.6. The molecule has 106 valence electrons. The summed E-state index contributed by atoms with van der Waals surface area (Å²) in [6, 6.07) is 19.6. The monoisotopic (exact) mass is 278 g/mol. The molecule has 0 spiro atoms. The summed E-state index contributed by atoms with van der Waals surface area (Å²) in [5.74, 6) is 0.100. The minimum Gasteiger partial charge on any atom is -0.334 e. The molecule has 1 aliphatic rings. The first-order chi connectivity index (χ1) is 10.2. The highest BCUT2D eigenvalue weighted by Crippen LogP contribution is 2.21. The Morgan fingerprint density at radius 2 is 1.57 bits per heavy atom. The molecule has 0 amide bonds. The Balaban J connectivity index is 1.91. The molecule has 21 heavy (non-hydrogen) atoms. The van der Waals surface area contributed by atoms with Gasteiger partial charge in [-0.05, 0) is 19.2 Å². The van der Waals surface area contributed by atoms with E-state index in [-0.39, 0.29) is 5.78 Å². The highest BCUT2D eigenvalue weighted by molar-refractivity contribution is 6.09. The third-order valence-electron chi connectivity index (χ3n) is 3.56. The lowest BCUT2D eigenvalue weighted by Gasteiger charge is -2.32. The molecule has 0 saturated carbocycles. The van der Waals surface area contributed by atoms with Gasteiger partial charge in [-0.3, -0.25) is 9.69 Å². The second-order valence-corrected chi connectivity index (χ2v) is 5.31. The van der Waals surface area contributed by atoms with Crippen LogP contribution in [0.25, 0.3) is 0 Å². The van der Waals surface area contributed by atoms with Crippen molar-refractivity contribution in [3.8, 4) is 0 Å². The average Bonchev–Trinajstić information content (AvgIpc) is 2.55. The SMILES string of the molecule is CN1CC(C(=O)c2ccccc2)=CN(c2ccccc2)C1. The molecule has 2 aromatic rings. The quantitative estimate of drug-likeness (QED) is 0.806. The lowest BCUT2D eigenvalue weighted by Crippen LogP contribution is -2.39. The first kappa shape index (κ1) is 13.6. The Kier molecular flexibility index (Phi) is 3.84. The van der Waals surface area contributed by atoms with Gasteiger partial charge in [0.2, 0.25) is 0 Å². The summed E-state index contributed by atoms with van der Waals surface area (Å²) in [7, 11) is 2.03. The molecule has 0 aromatic heterocycles. The molecule has 0 radical (unpaired) electrons. The van der Waals surface area contributed by atoms with Gasteiger partial charge in [-0.25, -0.2) is 0 Å². The fourth-order valence-electron chi connectivity index (χ4n) is 2.55. The van der Waals surface area contributed by atoms with E-state index >= 15 is 0 Å². The maximum atomic E-state index is 12.6. The molecule has 1 heterocycles. The van der Waals surface area contributed by atoms with Crippen molar-refractivity contribution in [2.45, 2.75) is 0 Å². The van der Waals surface area contributed by atoms with Gasteiger partial charge in [0.05, 0.1) is 6.67 Å². The maximum Gasteiger partial charge on any atom is 0.191 e. The number of likely N-dealkylation sites (N-methyl/N-ethyl adjacent to an activating group) is 1. The van der Waals surface area contributed by atoms with E-state index < -0.39 is 0 Å². The number of carbonyl (C=O) groups excluding carboxylic acids is 1. The Hall–Kier alpha value is -2.39. The Labute approximate surface area is 125 Å². The molecule has 3 rings (SSSR count). The molecule has 0 N–H and O–H groups in total. The highest BCUT2D eigenvalue weighted by Gasteiger charge is 2.21. The van der Waals surface area contributed by atoms with Crippen LogP contribution in [-0.2, 0) is 0 Å². The highest BCUT2D eigenvalue weighted by atomic mass is 16.1. The molecule has 1 aliphatic heterocycles. The molecule has 0 bridgehead atoms. The van der Waals surface area contributed by atoms with Crippen molar-refractivity contribution in [2.24, 2.45) is 0 Å². The summed E-state index contributed by atoms with van der Waals surface area (Å²) in [6.07, 6.45) is 1.98. The van der Waals surface area contributed by atoms with Gasteiger partial charge in [0.15, 0.2) is 5.78 Å². The fourth-order valence-corrected chi connectivity index (χ4v) is 2.55. The topological polar surface area (TPSA) is 23.6 Å². The van der Waals surface area contributed by atoms with Crippen molar-refractivity contribution in [1.29, 1.82) is 0 Å². The van der Waals surface area contributed by atoms with Crippen molar-refractivity contribution in [1.82, 2.24) is 4.90 Å². The molecule has 0 fully saturated rings. The van der Waals surface area contributed by atoms with Crippen LogP contribution in [0.2, 0.25) is 0 Å². The van der Waals surface area contributed by atoms with E-state index in [4.69, 9.17) is 0 Å². The van der Waals surface area contributed by atoms with Crippen molar-refractivity contribution in [2.75, 3.05) is 25.2 Å². The molecule has 3 nitrogen and oxygen atoms in total. The van der Waals surface area contributed by atoms with E-state index in [1.54, 1.807) is 0 Å². The van der Waals surface area contributed by atoms with Gasteiger partial charge in [-0.2, -0.15) is 0 Å².